The number of hydrogen-bond acceptors (Lipinski definition) is 4. The molecule has 0 aromatic carbocycles. The van der Waals surface area contributed by atoms with Crippen LogP contribution >= 0.6 is 11.3 Å². The molecule has 0 spiro atoms. The second-order valence-corrected chi connectivity index (χ2v) is 8.68. The third-order valence-corrected chi connectivity index (χ3v) is 6.65. The van der Waals surface area contributed by atoms with Crippen LogP contribution in [0.3, 0.4) is 0 Å². The predicted octanol–water partition coefficient (Wildman–Crippen LogP) is 2.90. The van der Waals surface area contributed by atoms with Gasteiger partial charge in [0.2, 0.25) is 11.8 Å². The topological polar surface area (TPSA) is 69.7 Å². The van der Waals surface area contributed by atoms with Crippen LogP contribution in [-0.2, 0) is 9.59 Å². The minimum atomic E-state index is -0.363. The molecule has 1 aromatic rings. The van der Waals surface area contributed by atoms with E-state index in [-0.39, 0.29) is 29.7 Å². The lowest BCUT2D eigenvalue weighted by molar-refractivity contribution is -0.140. The summed E-state index contributed by atoms with van der Waals surface area (Å²) in [5, 5.41) is 4.90. The largest absolute Gasteiger partial charge is 0.356 e. The first-order chi connectivity index (χ1) is 13.6. The van der Waals surface area contributed by atoms with Crippen LogP contribution in [-0.4, -0.2) is 59.7 Å². The molecule has 3 heterocycles. The first-order valence-corrected chi connectivity index (χ1v) is 11.4. The lowest BCUT2D eigenvalue weighted by atomic mass is 9.94. The molecule has 0 saturated carbocycles. The van der Waals surface area contributed by atoms with Gasteiger partial charge >= 0.3 is 0 Å². The van der Waals surface area contributed by atoms with Crippen LogP contribution in [0.5, 0.6) is 0 Å². The monoisotopic (exact) mass is 405 g/mol. The number of thiophene rings is 1. The molecule has 3 amide bonds. The molecule has 1 aromatic heterocycles. The molecular formula is C21H31N3O3S. The third-order valence-electron chi connectivity index (χ3n) is 5.79. The van der Waals surface area contributed by atoms with Crippen LogP contribution in [0.1, 0.15) is 61.5 Å². The molecule has 0 aliphatic carbocycles. The minimum Gasteiger partial charge on any atom is -0.356 e. The molecule has 7 heteroatoms. The summed E-state index contributed by atoms with van der Waals surface area (Å²) in [6.07, 6.45) is 6.12. The quantitative estimate of drug-likeness (QED) is 0.740. The lowest BCUT2D eigenvalue weighted by Gasteiger charge is -2.39. The van der Waals surface area contributed by atoms with Gasteiger partial charge in [-0.05, 0) is 50.0 Å². The number of nitrogens with zero attached hydrogens (tertiary/aromatic N) is 2. The van der Waals surface area contributed by atoms with Crippen molar-refractivity contribution < 1.29 is 14.4 Å². The van der Waals surface area contributed by atoms with Gasteiger partial charge in [0.15, 0.2) is 0 Å². The molecule has 1 unspecified atom stereocenters. The molecule has 1 atom stereocenters. The van der Waals surface area contributed by atoms with E-state index in [4.69, 9.17) is 0 Å². The smallest absolute Gasteiger partial charge is 0.264 e. The van der Waals surface area contributed by atoms with Gasteiger partial charge in [-0.1, -0.05) is 19.4 Å². The Hall–Kier alpha value is -1.89. The summed E-state index contributed by atoms with van der Waals surface area (Å²) in [5.74, 6) is 0.136. The fourth-order valence-corrected chi connectivity index (χ4v) is 4.76. The van der Waals surface area contributed by atoms with E-state index in [9.17, 15) is 14.4 Å². The average Bonchev–Trinajstić information content (AvgIpc) is 3.28. The Bertz CT molecular complexity index is 668. The SMILES string of the molecule is CCCCNC(=O)C1CCN(C(=O)C2CCCCN2C(=O)c2cccs2)CC1. The molecule has 2 fully saturated rings. The summed E-state index contributed by atoms with van der Waals surface area (Å²) < 4.78 is 0. The Kier molecular flexibility index (Phi) is 7.48. The van der Waals surface area contributed by atoms with E-state index in [2.05, 4.69) is 12.2 Å². The highest BCUT2D eigenvalue weighted by atomic mass is 32.1. The maximum absolute atomic E-state index is 13.2. The average molecular weight is 406 g/mol. The molecule has 0 radical (unpaired) electrons. The van der Waals surface area contributed by atoms with E-state index >= 15 is 0 Å². The molecule has 6 nitrogen and oxygen atoms in total. The standard InChI is InChI=1S/C21H31N3O3S/c1-2-3-11-22-19(25)16-9-13-23(14-10-16)20(26)17-7-4-5-12-24(17)21(27)18-8-6-15-28-18/h6,8,15-17H,2-5,7,9-14H2,1H3,(H,22,25). The number of piperidine rings is 2. The van der Waals surface area contributed by atoms with Crippen LogP contribution in [0, 0.1) is 5.92 Å². The van der Waals surface area contributed by atoms with E-state index in [1.54, 1.807) is 4.90 Å². The van der Waals surface area contributed by atoms with E-state index < -0.39 is 0 Å². The molecule has 2 saturated heterocycles. The molecule has 3 rings (SSSR count). The number of carbonyl (C=O) groups excluding carboxylic acids is 3. The number of amides is 3. The number of rotatable bonds is 6. The molecule has 2 aliphatic heterocycles. The number of nitrogens with one attached hydrogen (secondary N) is 1. The van der Waals surface area contributed by atoms with Crippen molar-refractivity contribution in [2.75, 3.05) is 26.2 Å². The van der Waals surface area contributed by atoms with Gasteiger partial charge in [0.05, 0.1) is 4.88 Å². The van der Waals surface area contributed by atoms with Gasteiger partial charge in [0.1, 0.15) is 6.04 Å². The van der Waals surface area contributed by atoms with Crippen molar-refractivity contribution in [1.29, 1.82) is 0 Å². The molecule has 154 valence electrons. The zero-order chi connectivity index (χ0) is 19.9. The van der Waals surface area contributed by atoms with Gasteiger partial charge in [-0.3, -0.25) is 14.4 Å². The highest BCUT2D eigenvalue weighted by Crippen LogP contribution is 2.25. The number of hydrogen-bond donors (Lipinski definition) is 1. The Morgan fingerprint density at radius 2 is 1.93 bits per heavy atom. The van der Waals surface area contributed by atoms with Crippen LogP contribution in [0.25, 0.3) is 0 Å². The Morgan fingerprint density at radius 3 is 2.61 bits per heavy atom. The summed E-state index contributed by atoms with van der Waals surface area (Å²) in [7, 11) is 0. The summed E-state index contributed by atoms with van der Waals surface area (Å²) in [4.78, 5) is 42.6. The van der Waals surface area contributed by atoms with Crippen LogP contribution in [0.2, 0.25) is 0 Å². The van der Waals surface area contributed by atoms with Crippen molar-refractivity contribution in [3.8, 4) is 0 Å². The molecule has 0 bridgehead atoms. The molecule has 2 aliphatic rings. The van der Waals surface area contributed by atoms with Gasteiger partial charge in [-0.2, -0.15) is 0 Å². The zero-order valence-corrected chi connectivity index (χ0v) is 17.5. The summed E-state index contributed by atoms with van der Waals surface area (Å²) in [6, 6.07) is 3.33. The summed E-state index contributed by atoms with van der Waals surface area (Å²) in [5.41, 5.74) is 0. The van der Waals surface area contributed by atoms with Crippen molar-refractivity contribution in [3.63, 3.8) is 0 Å². The maximum Gasteiger partial charge on any atom is 0.264 e. The Labute approximate surface area is 171 Å². The zero-order valence-electron chi connectivity index (χ0n) is 16.7. The van der Waals surface area contributed by atoms with E-state index in [0.717, 1.165) is 38.6 Å². The maximum atomic E-state index is 13.2. The van der Waals surface area contributed by atoms with E-state index in [1.807, 2.05) is 22.4 Å². The lowest BCUT2D eigenvalue weighted by Crippen LogP contribution is -2.54. The van der Waals surface area contributed by atoms with Crippen molar-refractivity contribution in [1.82, 2.24) is 15.1 Å². The van der Waals surface area contributed by atoms with Crippen molar-refractivity contribution >= 4 is 29.1 Å². The Balaban J connectivity index is 1.56. The number of unbranched alkanes of at least 4 members (excludes halogenated alkanes) is 1. The van der Waals surface area contributed by atoms with Gasteiger partial charge in [0.25, 0.3) is 5.91 Å². The van der Waals surface area contributed by atoms with Gasteiger partial charge in [0, 0.05) is 32.1 Å². The highest BCUT2D eigenvalue weighted by molar-refractivity contribution is 7.12. The highest BCUT2D eigenvalue weighted by Gasteiger charge is 2.37. The van der Waals surface area contributed by atoms with Crippen molar-refractivity contribution in [3.05, 3.63) is 22.4 Å². The molecule has 1 N–H and O–H groups in total. The van der Waals surface area contributed by atoms with Crippen LogP contribution < -0.4 is 5.32 Å². The second kappa shape index (κ2) is 10.0. The van der Waals surface area contributed by atoms with Crippen LogP contribution in [0.15, 0.2) is 17.5 Å². The van der Waals surface area contributed by atoms with E-state index in [0.29, 0.717) is 37.4 Å². The van der Waals surface area contributed by atoms with Crippen molar-refractivity contribution in [2.24, 2.45) is 5.92 Å². The fourth-order valence-electron chi connectivity index (χ4n) is 4.08. The fraction of sp³-hybridized carbons (Fsp3) is 0.667. The minimum absolute atomic E-state index is 0.00360. The predicted molar refractivity (Wildman–Crippen MR) is 110 cm³/mol. The van der Waals surface area contributed by atoms with Gasteiger partial charge in [-0.15, -0.1) is 11.3 Å². The molecule has 28 heavy (non-hydrogen) atoms. The van der Waals surface area contributed by atoms with Crippen molar-refractivity contribution in [2.45, 2.75) is 57.9 Å². The van der Waals surface area contributed by atoms with Crippen LogP contribution in [0.4, 0.5) is 0 Å². The van der Waals surface area contributed by atoms with Gasteiger partial charge < -0.3 is 15.1 Å². The third kappa shape index (κ3) is 4.93. The van der Waals surface area contributed by atoms with E-state index in [1.165, 1.54) is 11.3 Å². The normalized spacial score (nSPS) is 20.8. The summed E-state index contributed by atoms with van der Waals surface area (Å²) in [6.45, 7) is 4.68. The summed E-state index contributed by atoms with van der Waals surface area (Å²) >= 11 is 1.42. The molecular weight excluding hydrogens is 374 g/mol. The Morgan fingerprint density at radius 1 is 1.14 bits per heavy atom. The van der Waals surface area contributed by atoms with Gasteiger partial charge in [-0.25, -0.2) is 0 Å². The first-order valence-electron chi connectivity index (χ1n) is 10.5. The second-order valence-electron chi connectivity index (χ2n) is 7.73. The number of likely N-dealkylation sites (tertiary alicyclic amines) is 2. The number of carbonyl (C=O) groups is 3. The first kappa shape index (κ1) is 20.8.